The summed E-state index contributed by atoms with van der Waals surface area (Å²) in [5.74, 6) is 0.295. The minimum absolute atomic E-state index is 0.0603. The number of hydrogen-bond donors (Lipinski definition) is 1. The summed E-state index contributed by atoms with van der Waals surface area (Å²) in [6, 6.07) is 9.02. The third kappa shape index (κ3) is 2.34. The molecule has 4 heteroatoms. The number of carbonyl (C=O) groups excluding carboxylic acids is 1. The SMILES string of the molecule is COc1ccc2c(c1C)NC(=O)CC2c1ccc(C)c(F)c1. The largest absolute Gasteiger partial charge is 0.496 e. The van der Waals surface area contributed by atoms with E-state index in [0.29, 0.717) is 12.0 Å². The molecule has 1 amide bonds. The molecule has 2 aromatic carbocycles. The Kier molecular flexibility index (Phi) is 3.61. The first-order valence-electron chi connectivity index (χ1n) is 7.24. The number of amides is 1. The van der Waals surface area contributed by atoms with Crippen molar-refractivity contribution in [1.29, 1.82) is 0 Å². The molecule has 1 unspecified atom stereocenters. The van der Waals surface area contributed by atoms with Gasteiger partial charge in [-0.25, -0.2) is 4.39 Å². The van der Waals surface area contributed by atoms with Crippen molar-refractivity contribution < 1.29 is 13.9 Å². The van der Waals surface area contributed by atoms with Crippen LogP contribution in [0.1, 0.15) is 34.6 Å². The van der Waals surface area contributed by atoms with Gasteiger partial charge in [0.25, 0.3) is 0 Å². The van der Waals surface area contributed by atoms with Crippen molar-refractivity contribution in [2.75, 3.05) is 12.4 Å². The fourth-order valence-electron chi connectivity index (χ4n) is 3.00. The van der Waals surface area contributed by atoms with E-state index in [1.807, 2.05) is 25.1 Å². The number of hydrogen-bond acceptors (Lipinski definition) is 2. The number of ether oxygens (including phenoxy) is 1. The second-order valence-corrected chi connectivity index (χ2v) is 5.67. The van der Waals surface area contributed by atoms with Crippen LogP contribution in [0.5, 0.6) is 5.75 Å². The zero-order valence-electron chi connectivity index (χ0n) is 12.9. The molecule has 0 fully saturated rings. The third-order valence-corrected chi connectivity index (χ3v) is 4.30. The van der Waals surface area contributed by atoms with Gasteiger partial charge in [-0.05, 0) is 42.7 Å². The molecule has 0 bridgehead atoms. The molecule has 0 saturated carbocycles. The highest BCUT2D eigenvalue weighted by Crippen LogP contribution is 2.41. The van der Waals surface area contributed by atoms with Crippen molar-refractivity contribution in [1.82, 2.24) is 0 Å². The fraction of sp³-hybridized carbons (Fsp3) is 0.278. The Morgan fingerprint density at radius 1 is 1.23 bits per heavy atom. The second-order valence-electron chi connectivity index (χ2n) is 5.67. The van der Waals surface area contributed by atoms with Crippen LogP contribution in [-0.2, 0) is 4.79 Å². The Labute approximate surface area is 129 Å². The van der Waals surface area contributed by atoms with Crippen LogP contribution in [0.3, 0.4) is 0 Å². The third-order valence-electron chi connectivity index (χ3n) is 4.30. The number of carbonyl (C=O) groups is 1. The van der Waals surface area contributed by atoms with Crippen LogP contribution in [0.4, 0.5) is 10.1 Å². The van der Waals surface area contributed by atoms with Crippen LogP contribution in [0.25, 0.3) is 0 Å². The number of aryl methyl sites for hydroxylation is 1. The van der Waals surface area contributed by atoms with Crippen molar-refractivity contribution >= 4 is 11.6 Å². The van der Waals surface area contributed by atoms with Crippen LogP contribution in [-0.4, -0.2) is 13.0 Å². The Bertz CT molecular complexity index is 755. The normalized spacial score (nSPS) is 16.9. The van der Waals surface area contributed by atoms with E-state index in [0.717, 1.165) is 28.1 Å². The molecule has 3 nitrogen and oxygen atoms in total. The predicted molar refractivity (Wildman–Crippen MR) is 84.0 cm³/mol. The minimum atomic E-state index is -0.240. The van der Waals surface area contributed by atoms with E-state index in [1.54, 1.807) is 20.1 Å². The lowest BCUT2D eigenvalue weighted by atomic mass is 9.83. The number of benzene rings is 2. The fourth-order valence-corrected chi connectivity index (χ4v) is 3.00. The number of nitrogens with one attached hydrogen (secondary N) is 1. The average Bonchev–Trinajstić information content (AvgIpc) is 2.50. The van der Waals surface area contributed by atoms with Gasteiger partial charge in [0.2, 0.25) is 5.91 Å². The number of rotatable bonds is 2. The highest BCUT2D eigenvalue weighted by atomic mass is 19.1. The minimum Gasteiger partial charge on any atom is -0.496 e. The summed E-state index contributed by atoms with van der Waals surface area (Å²) in [6.45, 7) is 3.64. The van der Waals surface area contributed by atoms with Crippen molar-refractivity contribution in [2.45, 2.75) is 26.2 Å². The maximum absolute atomic E-state index is 13.9. The molecular formula is C18H18FNO2. The highest BCUT2D eigenvalue weighted by molar-refractivity contribution is 5.96. The molecule has 2 aromatic rings. The molecule has 22 heavy (non-hydrogen) atoms. The summed E-state index contributed by atoms with van der Waals surface area (Å²) in [6.07, 6.45) is 0.321. The van der Waals surface area contributed by atoms with Gasteiger partial charge in [-0.2, -0.15) is 0 Å². The van der Waals surface area contributed by atoms with Gasteiger partial charge in [0.05, 0.1) is 12.8 Å². The van der Waals surface area contributed by atoms with Gasteiger partial charge in [0.1, 0.15) is 11.6 Å². The quantitative estimate of drug-likeness (QED) is 0.912. The molecule has 0 aromatic heterocycles. The Hall–Kier alpha value is -2.36. The van der Waals surface area contributed by atoms with Gasteiger partial charge >= 0.3 is 0 Å². The molecule has 1 aliphatic heterocycles. The maximum Gasteiger partial charge on any atom is 0.225 e. The smallest absolute Gasteiger partial charge is 0.225 e. The molecule has 1 N–H and O–H groups in total. The second kappa shape index (κ2) is 5.44. The molecule has 0 spiro atoms. The predicted octanol–water partition coefficient (Wildman–Crippen LogP) is 3.93. The van der Waals surface area contributed by atoms with E-state index in [1.165, 1.54) is 6.07 Å². The lowest BCUT2D eigenvalue weighted by molar-refractivity contribution is -0.116. The van der Waals surface area contributed by atoms with Crippen molar-refractivity contribution in [3.05, 3.63) is 58.4 Å². The van der Waals surface area contributed by atoms with E-state index in [-0.39, 0.29) is 17.6 Å². The summed E-state index contributed by atoms with van der Waals surface area (Å²) in [5, 5.41) is 2.92. The van der Waals surface area contributed by atoms with Gasteiger partial charge in [-0.1, -0.05) is 18.2 Å². The molecule has 3 rings (SSSR count). The Morgan fingerprint density at radius 3 is 2.68 bits per heavy atom. The van der Waals surface area contributed by atoms with Gasteiger partial charge < -0.3 is 10.1 Å². The standard InChI is InChI=1S/C18H18FNO2/c1-10-4-5-12(8-15(10)19)14-9-17(21)20-18-11(2)16(22-3)7-6-13(14)18/h4-8,14H,9H2,1-3H3,(H,20,21). The van der Waals surface area contributed by atoms with Crippen molar-refractivity contribution in [3.63, 3.8) is 0 Å². The number of methoxy groups -OCH3 is 1. The van der Waals surface area contributed by atoms with Crippen molar-refractivity contribution in [3.8, 4) is 5.75 Å². The molecule has 1 aliphatic rings. The summed E-state index contributed by atoms with van der Waals surface area (Å²) in [5.41, 5.74) is 4.10. The summed E-state index contributed by atoms with van der Waals surface area (Å²) < 4.78 is 19.2. The number of halogens is 1. The van der Waals surface area contributed by atoms with Gasteiger partial charge in [-0.15, -0.1) is 0 Å². The van der Waals surface area contributed by atoms with E-state index < -0.39 is 0 Å². The monoisotopic (exact) mass is 299 g/mol. The Balaban J connectivity index is 2.13. The maximum atomic E-state index is 13.9. The van der Waals surface area contributed by atoms with E-state index >= 15 is 0 Å². The number of anilines is 1. The molecule has 0 radical (unpaired) electrons. The van der Waals surface area contributed by atoms with Crippen LogP contribution in [0, 0.1) is 19.7 Å². The lowest BCUT2D eigenvalue weighted by Crippen LogP contribution is -2.24. The molecule has 0 aliphatic carbocycles. The van der Waals surface area contributed by atoms with Gasteiger partial charge in [-0.3, -0.25) is 4.79 Å². The molecule has 0 saturated heterocycles. The topological polar surface area (TPSA) is 38.3 Å². The molecular weight excluding hydrogens is 281 g/mol. The summed E-state index contributed by atoms with van der Waals surface area (Å²) in [4.78, 5) is 12.1. The lowest BCUT2D eigenvalue weighted by Gasteiger charge is -2.28. The van der Waals surface area contributed by atoms with E-state index in [4.69, 9.17) is 4.74 Å². The zero-order valence-corrected chi connectivity index (χ0v) is 12.9. The molecule has 1 heterocycles. The average molecular weight is 299 g/mol. The zero-order chi connectivity index (χ0) is 15.9. The van der Waals surface area contributed by atoms with Gasteiger partial charge in [0, 0.05) is 17.9 Å². The van der Waals surface area contributed by atoms with Crippen LogP contribution < -0.4 is 10.1 Å². The first kappa shape index (κ1) is 14.6. The first-order valence-corrected chi connectivity index (χ1v) is 7.24. The Morgan fingerprint density at radius 2 is 2.00 bits per heavy atom. The van der Waals surface area contributed by atoms with Gasteiger partial charge in [0.15, 0.2) is 0 Å². The van der Waals surface area contributed by atoms with Crippen LogP contribution in [0.15, 0.2) is 30.3 Å². The molecule has 114 valence electrons. The van der Waals surface area contributed by atoms with Crippen LogP contribution >= 0.6 is 0 Å². The summed E-state index contributed by atoms with van der Waals surface area (Å²) in [7, 11) is 1.60. The highest BCUT2D eigenvalue weighted by Gasteiger charge is 2.28. The van der Waals surface area contributed by atoms with E-state index in [2.05, 4.69) is 5.32 Å². The number of fused-ring (bicyclic) bond motifs is 1. The van der Waals surface area contributed by atoms with Crippen molar-refractivity contribution in [2.24, 2.45) is 0 Å². The van der Waals surface area contributed by atoms with E-state index in [9.17, 15) is 9.18 Å². The first-order chi connectivity index (χ1) is 10.5. The summed E-state index contributed by atoms with van der Waals surface area (Å²) >= 11 is 0. The molecule has 1 atom stereocenters. The van der Waals surface area contributed by atoms with Crippen LogP contribution in [0.2, 0.25) is 0 Å².